The van der Waals surface area contributed by atoms with E-state index in [0.717, 1.165) is 5.56 Å². The Bertz CT molecular complexity index is 807. The Morgan fingerprint density at radius 3 is 2.41 bits per heavy atom. The highest BCUT2D eigenvalue weighted by Gasteiger charge is 2.38. The van der Waals surface area contributed by atoms with Crippen LogP contribution in [0.1, 0.15) is 24.9 Å². The molecule has 1 aliphatic rings. The highest BCUT2D eigenvalue weighted by Crippen LogP contribution is 2.28. The zero-order valence-corrected chi connectivity index (χ0v) is 15.1. The van der Waals surface area contributed by atoms with Crippen molar-refractivity contribution in [3.8, 4) is 0 Å². The molecule has 2 aromatic rings. The Morgan fingerprint density at radius 2 is 1.74 bits per heavy atom. The van der Waals surface area contributed by atoms with Crippen LogP contribution < -0.4 is 5.32 Å². The number of anilines is 1. The van der Waals surface area contributed by atoms with E-state index < -0.39 is 17.8 Å². The van der Waals surface area contributed by atoms with Gasteiger partial charge >= 0.3 is 5.97 Å². The summed E-state index contributed by atoms with van der Waals surface area (Å²) in [6, 6.07) is 18.5. The molecule has 1 heterocycles. The number of esters is 1. The highest BCUT2D eigenvalue weighted by molar-refractivity contribution is 5.93. The number of ether oxygens (including phenoxy) is 1. The van der Waals surface area contributed by atoms with Crippen LogP contribution in [0.15, 0.2) is 60.7 Å². The van der Waals surface area contributed by atoms with Crippen LogP contribution in [0.5, 0.6) is 0 Å². The van der Waals surface area contributed by atoms with Crippen LogP contribution in [0.3, 0.4) is 0 Å². The van der Waals surface area contributed by atoms with E-state index in [1.807, 2.05) is 43.3 Å². The van der Waals surface area contributed by atoms with Gasteiger partial charge in [-0.2, -0.15) is 0 Å². The largest absolute Gasteiger partial charge is 0.455 e. The van der Waals surface area contributed by atoms with Crippen molar-refractivity contribution in [3.05, 3.63) is 66.2 Å². The highest BCUT2D eigenvalue weighted by atomic mass is 16.5. The maximum atomic E-state index is 12.3. The summed E-state index contributed by atoms with van der Waals surface area (Å²) in [7, 11) is 0. The van der Waals surface area contributed by atoms with E-state index in [2.05, 4.69) is 5.32 Å². The molecule has 0 spiro atoms. The summed E-state index contributed by atoms with van der Waals surface area (Å²) in [5.74, 6) is -1.56. The number of para-hydroxylation sites is 1. The van der Waals surface area contributed by atoms with Crippen LogP contribution in [-0.4, -0.2) is 35.8 Å². The van der Waals surface area contributed by atoms with Gasteiger partial charge in [-0.1, -0.05) is 48.5 Å². The molecule has 2 amide bonds. The summed E-state index contributed by atoms with van der Waals surface area (Å²) in [4.78, 5) is 38.2. The van der Waals surface area contributed by atoms with Crippen LogP contribution in [0.4, 0.5) is 5.69 Å². The Kier molecular flexibility index (Phi) is 5.86. The van der Waals surface area contributed by atoms with Crippen LogP contribution in [0.2, 0.25) is 0 Å². The number of nitrogens with one attached hydrogen (secondary N) is 1. The number of amides is 2. The Hall–Kier alpha value is -3.15. The predicted octanol–water partition coefficient (Wildman–Crippen LogP) is 2.78. The molecule has 6 nitrogen and oxygen atoms in total. The first kappa shape index (κ1) is 18.6. The van der Waals surface area contributed by atoms with Gasteiger partial charge in [-0.15, -0.1) is 0 Å². The second-order valence-electron chi connectivity index (χ2n) is 6.56. The summed E-state index contributed by atoms with van der Waals surface area (Å²) in [6.07, 6.45) is 0.107. The van der Waals surface area contributed by atoms with E-state index in [9.17, 15) is 14.4 Å². The van der Waals surface area contributed by atoms with Gasteiger partial charge in [0.2, 0.25) is 5.91 Å². The first-order chi connectivity index (χ1) is 13.0. The van der Waals surface area contributed by atoms with Crippen molar-refractivity contribution in [1.82, 2.24) is 4.90 Å². The summed E-state index contributed by atoms with van der Waals surface area (Å²) in [5.41, 5.74) is 1.65. The lowest BCUT2D eigenvalue weighted by atomic mass is 10.1. The lowest BCUT2D eigenvalue weighted by molar-refractivity contribution is -0.151. The molecule has 1 aliphatic heterocycles. The zero-order valence-electron chi connectivity index (χ0n) is 15.1. The first-order valence-electron chi connectivity index (χ1n) is 8.90. The third-order valence-electron chi connectivity index (χ3n) is 4.64. The molecule has 0 saturated carbocycles. The topological polar surface area (TPSA) is 75.7 Å². The van der Waals surface area contributed by atoms with Gasteiger partial charge < -0.3 is 15.0 Å². The van der Waals surface area contributed by atoms with Crippen molar-refractivity contribution < 1.29 is 19.1 Å². The minimum atomic E-state index is -0.548. The monoisotopic (exact) mass is 366 g/mol. The lowest BCUT2D eigenvalue weighted by Gasteiger charge is -2.25. The fourth-order valence-corrected chi connectivity index (χ4v) is 3.15. The number of carbonyl (C=O) groups is 3. The van der Waals surface area contributed by atoms with E-state index >= 15 is 0 Å². The standard InChI is InChI=1S/C21H22N2O4/c1-15(16-8-4-2-5-9-16)23-13-17(12-20(23)25)21(26)27-14-19(24)22-18-10-6-3-7-11-18/h2-11,15,17H,12-14H2,1H3,(H,22,24)/t15-,17-/m1/s1. The Morgan fingerprint density at radius 1 is 1.11 bits per heavy atom. The molecule has 0 unspecified atom stereocenters. The fourth-order valence-electron chi connectivity index (χ4n) is 3.15. The Balaban J connectivity index is 1.51. The van der Waals surface area contributed by atoms with Crippen molar-refractivity contribution in [2.45, 2.75) is 19.4 Å². The van der Waals surface area contributed by atoms with E-state index in [4.69, 9.17) is 4.74 Å². The molecule has 140 valence electrons. The molecule has 1 fully saturated rings. The smallest absolute Gasteiger partial charge is 0.311 e. The molecule has 0 radical (unpaired) electrons. The van der Waals surface area contributed by atoms with Crippen molar-refractivity contribution in [2.24, 2.45) is 5.92 Å². The third-order valence-corrected chi connectivity index (χ3v) is 4.64. The molecular weight excluding hydrogens is 344 g/mol. The number of likely N-dealkylation sites (tertiary alicyclic amines) is 1. The quantitative estimate of drug-likeness (QED) is 0.798. The number of nitrogens with zero attached hydrogens (tertiary/aromatic N) is 1. The second kappa shape index (κ2) is 8.49. The van der Waals surface area contributed by atoms with E-state index in [0.29, 0.717) is 12.2 Å². The van der Waals surface area contributed by atoms with Crippen molar-refractivity contribution >= 4 is 23.5 Å². The van der Waals surface area contributed by atoms with E-state index in [1.54, 1.807) is 29.2 Å². The Labute approximate surface area is 158 Å². The number of hydrogen-bond donors (Lipinski definition) is 1. The van der Waals surface area contributed by atoms with Crippen molar-refractivity contribution in [2.75, 3.05) is 18.5 Å². The fraction of sp³-hybridized carbons (Fsp3) is 0.286. The van der Waals surface area contributed by atoms with Gasteiger partial charge in [0, 0.05) is 18.7 Å². The number of carbonyl (C=O) groups excluding carboxylic acids is 3. The third kappa shape index (κ3) is 4.73. The summed E-state index contributed by atoms with van der Waals surface area (Å²) in [6.45, 7) is 1.87. The van der Waals surface area contributed by atoms with E-state index in [1.165, 1.54) is 0 Å². The van der Waals surface area contributed by atoms with Gasteiger partial charge in [0.1, 0.15) is 0 Å². The molecule has 0 aliphatic carbocycles. The molecule has 1 N–H and O–H groups in total. The van der Waals surface area contributed by atoms with Crippen LogP contribution >= 0.6 is 0 Å². The second-order valence-corrected chi connectivity index (χ2v) is 6.56. The summed E-state index contributed by atoms with van der Waals surface area (Å²) >= 11 is 0. The maximum absolute atomic E-state index is 12.3. The molecule has 2 aromatic carbocycles. The van der Waals surface area contributed by atoms with Crippen LogP contribution in [-0.2, 0) is 19.1 Å². The molecule has 6 heteroatoms. The van der Waals surface area contributed by atoms with Gasteiger partial charge in [0.25, 0.3) is 5.91 Å². The molecule has 3 rings (SSSR count). The molecule has 27 heavy (non-hydrogen) atoms. The minimum absolute atomic E-state index is 0.0814. The predicted molar refractivity (Wildman–Crippen MR) is 101 cm³/mol. The average Bonchev–Trinajstić information content (AvgIpc) is 3.09. The number of benzene rings is 2. The minimum Gasteiger partial charge on any atom is -0.455 e. The number of hydrogen-bond acceptors (Lipinski definition) is 4. The van der Waals surface area contributed by atoms with Crippen molar-refractivity contribution in [3.63, 3.8) is 0 Å². The SMILES string of the molecule is C[C@H](c1ccccc1)N1C[C@H](C(=O)OCC(=O)Nc2ccccc2)CC1=O. The van der Waals surface area contributed by atoms with Crippen molar-refractivity contribution in [1.29, 1.82) is 0 Å². The van der Waals surface area contributed by atoms with Gasteiger partial charge in [-0.3, -0.25) is 14.4 Å². The lowest BCUT2D eigenvalue weighted by Crippen LogP contribution is -2.30. The molecule has 0 bridgehead atoms. The summed E-state index contributed by atoms with van der Waals surface area (Å²) in [5, 5.41) is 2.65. The van der Waals surface area contributed by atoms with Gasteiger partial charge in [-0.25, -0.2) is 0 Å². The zero-order chi connectivity index (χ0) is 19.2. The molecular formula is C21H22N2O4. The van der Waals surface area contributed by atoms with Crippen LogP contribution in [0.25, 0.3) is 0 Å². The first-order valence-corrected chi connectivity index (χ1v) is 8.90. The summed E-state index contributed by atoms with van der Waals surface area (Å²) < 4.78 is 5.11. The molecule has 1 saturated heterocycles. The average molecular weight is 366 g/mol. The maximum Gasteiger partial charge on any atom is 0.311 e. The normalized spacial score (nSPS) is 17.4. The van der Waals surface area contributed by atoms with Gasteiger partial charge in [-0.05, 0) is 24.6 Å². The van der Waals surface area contributed by atoms with E-state index in [-0.39, 0.29) is 25.0 Å². The molecule has 2 atom stereocenters. The van der Waals surface area contributed by atoms with Crippen LogP contribution in [0, 0.1) is 5.92 Å². The van der Waals surface area contributed by atoms with Gasteiger partial charge in [0.15, 0.2) is 6.61 Å². The number of rotatable bonds is 6. The van der Waals surface area contributed by atoms with Gasteiger partial charge in [0.05, 0.1) is 12.0 Å². The molecule has 0 aromatic heterocycles.